The SMILES string of the molecule is CCC(C)NC(=O)CN1CCN(c2c(C#N)cnc3c(C)cc(F)cc23)CC1. The summed E-state index contributed by atoms with van der Waals surface area (Å²) < 4.78 is 14.0. The van der Waals surface area contributed by atoms with Crippen LogP contribution >= 0.6 is 0 Å². The van der Waals surface area contributed by atoms with Crippen LogP contribution in [-0.4, -0.2) is 54.6 Å². The normalized spacial score (nSPS) is 16.0. The van der Waals surface area contributed by atoms with Gasteiger partial charge in [0, 0.05) is 43.8 Å². The Morgan fingerprint density at radius 2 is 2.07 bits per heavy atom. The van der Waals surface area contributed by atoms with Crippen molar-refractivity contribution in [2.75, 3.05) is 37.6 Å². The number of anilines is 1. The van der Waals surface area contributed by atoms with E-state index in [1.165, 1.54) is 12.1 Å². The Morgan fingerprint density at radius 3 is 2.71 bits per heavy atom. The molecule has 148 valence electrons. The summed E-state index contributed by atoms with van der Waals surface area (Å²) in [5.41, 5.74) is 2.64. The molecule has 3 rings (SSSR count). The van der Waals surface area contributed by atoms with Gasteiger partial charge in [-0.15, -0.1) is 0 Å². The zero-order chi connectivity index (χ0) is 20.3. The zero-order valence-corrected chi connectivity index (χ0v) is 16.6. The smallest absolute Gasteiger partial charge is 0.234 e. The van der Waals surface area contributed by atoms with Gasteiger partial charge >= 0.3 is 0 Å². The van der Waals surface area contributed by atoms with E-state index in [9.17, 15) is 14.4 Å². The highest BCUT2D eigenvalue weighted by Crippen LogP contribution is 2.32. The number of aromatic nitrogens is 1. The maximum Gasteiger partial charge on any atom is 0.234 e. The van der Waals surface area contributed by atoms with Crippen LogP contribution in [0, 0.1) is 24.1 Å². The van der Waals surface area contributed by atoms with Crippen molar-refractivity contribution in [3.05, 3.63) is 35.3 Å². The molecule has 0 aliphatic carbocycles. The number of piperazine rings is 1. The van der Waals surface area contributed by atoms with E-state index in [1.54, 1.807) is 6.20 Å². The number of benzene rings is 1. The Balaban J connectivity index is 1.78. The Morgan fingerprint density at radius 1 is 1.36 bits per heavy atom. The molecule has 0 spiro atoms. The van der Waals surface area contributed by atoms with Crippen molar-refractivity contribution < 1.29 is 9.18 Å². The maximum atomic E-state index is 14.0. The lowest BCUT2D eigenvalue weighted by molar-refractivity contribution is -0.122. The Hall–Kier alpha value is -2.72. The number of hydrogen-bond donors (Lipinski definition) is 1. The largest absolute Gasteiger partial charge is 0.367 e. The monoisotopic (exact) mass is 383 g/mol. The lowest BCUT2D eigenvalue weighted by Gasteiger charge is -2.36. The first-order chi connectivity index (χ1) is 13.4. The zero-order valence-electron chi connectivity index (χ0n) is 16.6. The highest BCUT2D eigenvalue weighted by molar-refractivity contribution is 5.96. The molecule has 2 heterocycles. The number of aryl methyl sites for hydroxylation is 1. The molecule has 1 aliphatic rings. The molecular formula is C21H26FN5O. The number of carbonyl (C=O) groups excluding carboxylic acids is 1. The summed E-state index contributed by atoms with van der Waals surface area (Å²) in [6.07, 6.45) is 2.47. The van der Waals surface area contributed by atoms with Gasteiger partial charge in [-0.2, -0.15) is 5.26 Å². The van der Waals surface area contributed by atoms with E-state index in [0.717, 1.165) is 17.7 Å². The van der Waals surface area contributed by atoms with Crippen LogP contribution < -0.4 is 10.2 Å². The summed E-state index contributed by atoms with van der Waals surface area (Å²) in [4.78, 5) is 20.7. The van der Waals surface area contributed by atoms with Crippen molar-refractivity contribution in [3.63, 3.8) is 0 Å². The van der Waals surface area contributed by atoms with Gasteiger partial charge in [0.25, 0.3) is 0 Å². The number of nitrogens with zero attached hydrogens (tertiary/aromatic N) is 4. The number of carbonyl (C=O) groups is 1. The molecule has 6 nitrogen and oxygen atoms in total. The third-order valence-corrected chi connectivity index (χ3v) is 5.29. The number of halogens is 1. The fraction of sp³-hybridized carbons (Fsp3) is 0.476. The van der Waals surface area contributed by atoms with Gasteiger partial charge in [0.15, 0.2) is 0 Å². The van der Waals surface area contributed by atoms with Gasteiger partial charge < -0.3 is 10.2 Å². The maximum absolute atomic E-state index is 14.0. The van der Waals surface area contributed by atoms with Gasteiger partial charge in [0.05, 0.1) is 23.3 Å². The molecule has 1 N–H and O–H groups in total. The first-order valence-electron chi connectivity index (χ1n) is 9.68. The predicted molar refractivity (Wildman–Crippen MR) is 108 cm³/mol. The molecule has 0 bridgehead atoms. The van der Waals surface area contributed by atoms with Gasteiger partial charge in [-0.25, -0.2) is 4.39 Å². The fourth-order valence-corrected chi connectivity index (χ4v) is 3.60. The number of nitriles is 1. The number of pyridine rings is 1. The number of rotatable bonds is 5. The highest BCUT2D eigenvalue weighted by atomic mass is 19.1. The summed E-state index contributed by atoms with van der Waals surface area (Å²) >= 11 is 0. The summed E-state index contributed by atoms with van der Waals surface area (Å²) in [6, 6.07) is 5.28. The van der Waals surface area contributed by atoms with Crippen LogP contribution in [0.2, 0.25) is 0 Å². The van der Waals surface area contributed by atoms with Crippen molar-refractivity contribution in [2.45, 2.75) is 33.2 Å². The molecule has 1 atom stereocenters. The Labute approximate surface area is 164 Å². The quantitative estimate of drug-likeness (QED) is 0.859. The van der Waals surface area contributed by atoms with Crippen LogP contribution in [0.15, 0.2) is 18.3 Å². The van der Waals surface area contributed by atoms with E-state index in [2.05, 4.69) is 26.2 Å². The van der Waals surface area contributed by atoms with Crippen LogP contribution in [0.3, 0.4) is 0 Å². The summed E-state index contributed by atoms with van der Waals surface area (Å²) in [5.74, 6) is -0.295. The average Bonchev–Trinajstić information content (AvgIpc) is 2.67. The van der Waals surface area contributed by atoms with E-state index >= 15 is 0 Å². The Bertz CT molecular complexity index is 915. The molecule has 1 saturated heterocycles. The van der Waals surface area contributed by atoms with E-state index in [4.69, 9.17) is 0 Å². The summed E-state index contributed by atoms with van der Waals surface area (Å²) in [5, 5.41) is 13.2. The third-order valence-electron chi connectivity index (χ3n) is 5.29. The highest BCUT2D eigenvalue weighted by Gasteiger charge is 2.23. The van der Waals surface area contributed by atoms with Crippen molar-refractivity contribution >= 4 is 22.5 Å². The molecule has 0 saturated carbocycles. The molecule has 28 heavy (non-hydrogen) atoms. The van der Waals surface area contributed by atoms with Gasteiger partial charge in [-0.05, 0) is 38.0 Å². The van der Waals surface area contributed by atoms with Crippen LogP contribution in [-0.2, 0) is 4.79 Å². The van der Waals surface area contributed by atoms with E-state index in [1.807, 2.05) is 20.8 Å². The number of fused-ring (bicyclic) bond motifs is 1. The second-order valence-corrected chi connectivity index (χ2v) is 7.39. The minimum Gasteiger partial charge on any atom is -0.367 e. The number of nitrogens with one attached hydrogen (secondary N) is 1. The van der Waals surface area contributed by atoms with Crippen molar-refractivity contribution in [1.82, 2.24) is 15.2 Å². The minimum absolute atomic E-state index is 0.0348. The predicted octanol–water partition coefficient (Wildman–Crippen LogP) is 2.59. The molecular weight excluding hydrogens is 357 g/mol. The molecule has 1 aliphatic heterocycles. The first kappa shape index (κ1) is 20.0. The third kappa shape index (κ3) is 4.23. The second kappa shape index (κ2) is 8.53. The van der Waals surface area contributed by atoms with E-state index in [-0.39, 0.29) is 17.8 Å². The molecule has 1 aromatic heterocycles. The molecule has 1 unspecified atom stereocenters. The molecule has 1 aromatic carbocycles. The average molecular weight is 383 g/mol. The van der Waals surface area contributed by atoms with Gasteiger partial charge in [-0.1, -0.05) is 6.92 Å². The van der Waals surface area contributed by atoms with Crippen molar-refractivity contribution in [2.24, 2.45) is 0 Å². The number of hydrogen-bond acceptors (Lipinski definition) is 5. The lowest BCUT2D eigenvalue weighted by atomic mass is 10.0. The van der Waals surface area contributed by atoms with Crippen LogP contribution in [0.4, 0.5) is 10.1 Å². The standard InChI is InChI=1S/C21H26FN5O/c1-4-15(3)25-19(28)13-26-5-7-27(8-6-26)21-16(11-23)12-24-20-14(2)9-17(22)10-18(20)21/h9-10,12,15H,4-8,13H2,1-3H3,(H,25,28). The minimum atomic E-state index is -0.330. The molecule has 1 amide bonds. The molecule has 2 aromatic rings. The van der Waals surface area contributed by atoms with Gasteiger partial charge in [0.2, 0.25) is 5.91 Å². The van der Waals surface area contributed by atoms with Crippen LogP contribution in [0.5, 0.6) is 0 Å². The van der Waals surface area contributed by atoms with Crippen molar-refractivity contribution in [1.29, 1.82) is 5.26 Å². The molecule has 7 heteroatoms. The summed E-state index contributed by atoms with van der Waals surface area (Å²) in [7, 11) is 0. The van der Waals surface area contributed by atoms with Crippen molar-refractivity contribution in [3.8, 4) is 6.07 Å². The van der Waals surface area contributed by atoms with E-state index < -0.39 is 0 Å². The Kier molecular flexibility index (Phi) is 6.10. The molecule has 0 radical (unpaired) electrons. The van der Waals surface area contributed by atoms with Gasteiger partial charge in [0.1, 0.15) is 11.9 Å². The summed E-state index contributed by atoms with van der Waals surface area (Å²) in [6.45, 7) is 8.97. The van der Waals surface area contributed by atoms with E-state index in [0.29, 0.717) is 49.2 Å². The van der Waals surface area contributed by atoms with Gasteiger partial charge in [-0.3, -0.25) is 14.7 Å². The first-order valence-corrected chi connectivity index (χ1v) is 9.68. The van der Waals surface area contributed by atoms with Crippen LogP contribution in [0.25, 0.3) is 10.9 Å². The molecule has 1 fully saturated rings. The lowest BCUT2D eigenvalue weighted by Crippen LogP contribution is -2.50. The topological polar surface area (TPSA) is 72.3 Å². The fourth-order valence-electron chi connectivity index (χ4n) is 3.60. The van der Waals surface area contributed by atoms with Crippen LogP contribution in [0.1, 0.15) is 31.4 Å². The second-order valence-electron chi connectivity index (χ2n) is 7.39. The number of amides is 1.